The van der Waals surface area contributed by atoms with Crippen LogP contribution < -0.4 is 9.47 Å². The van der Waals surface area contributed by atoms with Gasteiger partial charge in [0.05, 0.1) is 13.2 Å². The van der Waals surface area contributed by atoms with E-state index in [0.717, 1.165) is 5.56 Å². The van der Waals surface area contributed by atoms with Gasteiger partial charge in [-0.05, 0) is 37.6 Å². The first kappa shape index (κ1) is 18.8. The van der Waals surface area contributed by atoms with Crippen molar-refractivity contribution in [3.63, 3.8) is 0 Å². The second-order valence-electron chi connectivity index (χ2n) is 6.99. The number of aromatic hydroxyl groups is 2. The Morgan fingerprint density at radius 2 is 1.93 bits per heavy atom. The number of carbonyl (C=O) groups excluding carboxylic acids is 1. The van der Waals surface area contributed by atoms with Gasteiger partial charge in [-0.3, -0.25) is 4.79 Å². The highest BCUT2D eigenvalue weighted by molar-refractivity contribution is 6.11. The molecule has 2 aromatic carbocycles. The number of hydrogen-bond acceptors (Lipinski definition) is 6. The van der Waals surface area contributed by atoms with Gasteiger partial charge in [-0.1, -0.05) is 18.2 Å². The van der Waals surface area contributed by atoms with Crippen molar-refractivity contribution in [2.75, 3.05) is 7.11 Å². The fraction of sp³-hybridized carbons (Fsp3) is 0.286. The lowest BCUT2D eigenvalue weighted by Gasteiger charge is -2.37. The van der Waals surface area contributed by atoms with E-state index >= 15 is 0 Å². The molecule has 1 atom stereocenters. The molecule has 3 rings (SSSR count). The molecule has 2 aromatic rings. The molecular formula is C21H22O6. The summed E-state index contributed by atoms with van der Waals surface area (Å²) in [4.78, 5) is 12.7. The van der Waals surface area contributed by atoms with Crippen LogP contribution in [0.5, 0.6) is 23.0 Å². The van der Waals surface area contributed by atoms with E-state index in [4.69, 9.17) is 9.47 Å². The average molecular weight is 370 g/mol. The van der Waals surface area contributed by atoms with E-state index < -0.39 is 17.5 Å². The van der Waals surface area contributed by atoms with E-state index in [-0.39, 0.29) is 29.2 Å². The zero-order valence-corrected chi connectivity index (χ0v) is 15.4. The smallest absolute Gasteiger partial charge is 0.193 e. The number of hydrogen-bond donors (Lipinski definition) is 3. The number of ketones is 1. The maximum absolute atomic E-state index is 12.7. The molecule has 1 heterocycles. The zero-order valence-electron chi connectivity index (χ0n) is 15.4. The van der Waals surface area contributed by atoms with Gasteiger partial charge in [-0.15, -0.1) is 0 Å². The third-order valence-corrected chi connectivity index (χ3v) is 4.69. The van der Waals surface area contributed by atoms with Crippen molar-refractivity contribution in [1.29, 1.82) is 0 Å². The van der Waals surface area contributed by atoms with E-state index in [0.29, 0.717) is 11.3 Å². The highest BCUT2D eigenvalue weighted by Gasteiger charge is 2.38. The molecule has 27 heavy (non-hydrogen) atoms. The molecule has 6 nitrogen and oxygen atoms in total. The molecule has 0 saturated heterocycles. The van der Waals surface area contributed by atoms with Crippen molar-refractivity contribution in [1.82, 2.24) is 0 Å². The predicted molar refractivity (Wildman–Crippen MR) is 101 cm³/mol. The quantitative estimate of drug-likeness (QED) is 0.565. The monoisotopic (exact) mass is 370 g/mol. The molecule has 0 spiro atoms. The molecular weight excluding hydrogens is 348 g/mol. The number of benzene rings is 2. The van der Waals surface area contributed by atoms with Crippen LogP contribution in [0.4, 0.5) is 0 Å². The van der Waals surface area contributed by atoms with Crippen molar-refractivity contribution in [3.05, 3.63) is 53.1 Å². The summed E-state index contributed by atoms with van der Waals surface area (Å²) in [5.74, 6) is 0.0188. The third-order valence-electron chi connectivity index (χ3n) is 4.69. The summed E-state index contributed by atoms with van der Waals surface area (Å²) in [5, 5.41) is 30.2. The number of rotatable bonds is 4. The lowest BCUT2D eigenvalue weighted by molar-refractivity contribution is -0.0418. The van der Waals surface area contributed by atoms with Crippen LogP contribution in [0.25, 0.3) is 6.08 Å². The lowest BCUT2D eigenvalue weighted by atomic mass is 9.89. The van der Waals surface area contributed by atoms with Crippen molar-refractivity contribution in [3.8, 4) is 23.0 Å². The highest BCUT2D eigenvalue weighted by Crippen LogP contribution is 2.44. The molecule has 0 radical (unpaired) electrons. The first-order chi connectivity index (χ1) is 12.7. The van der Waals surface area contributed by atoms with Gasteiger partial charge in [0, 0.05) is 18.1 Å². The van der Waals surface area contributed by atoms with Crippen LogP contribution in [0.2, 0.25) is 0 Å². The Morgan fingerprint density at radius 1 is 1.26 bits per heavy atom. The van der Waals surface area contributed by atoms with Crippen molar-refractivity contribution in [2.24, 2.45) is 0 Å². The molecule has 0 saturated carbocycles. The Hall–Kier alpha value is -2.99. The maximum Gasteiger partial charge on any atom is 0.193 e. The summed E-state index contributed by atoms with van der Waals surface area (Å²) in [5.41, 5.74) is 0.304. The number of ether oxygens (including phenoxy) is 2. The second-order valence-corrected chi connectivity index (χ2v) is 6.99. The molecule has 142 valence electrons. The molecule has 0 fully saturated rings. The van der Waals surface area contributed by atoms with Crippen LogP contribution in [0.3, 0.4) is 0 Å². The Balaban J connectivity index is 1.99. The molecule has 1 aliphatic rings. The lowest BCUT2D eigenvalue weighted by Crippen LogP contribution is -2.46. The van der Waals surface area contributed by atoms with Gasteiger partial charge in [0.25, 0.3) is 0 Å². The Morgan fingerprint density at radius 3 is 2.56 bits per heavy atom. The van der Waals surface area contributed by atoms with Crippen molar-refractivity contribution in [2.45, 2.75) is 32.0 Å². The predicted octanol–water partition coefficient (Wildman–Crippen LogP) is 3.08. The van der Waals surface area contributed by atoms with Gasteiger partial charge in [-0.2, -0.15) is 0 Å². The summed E-state index contributed by atoms with van der Waals surface area (Å²) >= 11 is 0. The molecule has 1 aliphatic heterocycles. The average Bonchev–Trinajstić information content (AvgIpc) is 2.62. The zero-order chi connectivity index (χ0) is 19.8. The molecule has 0 aromatic heterocycles. The van der Waals surface area contributed by atoms with Gasteiger partial charge in [0.1, 0.15) is 34.2 Å². The first-order valence-corrected chi connectivity index (χ1v) is 8.54. The minimum Gasteiger partial charge on any atom is -0.508 e. The Labute approximate surface area is 157 Å². The van der Waals surface area contributed by atoms with E-state index in [9.17, 15) is 20.1 Å². The number of allylic oxidation sites excluding steroid dienone is 1. The van der Waals surface area contributed by atoms with E-state index in [1.807, 2.05) is 0 Å². The summed E-state index contributed by atoms with van der Waals surface area (Å²) < 4.78 is 11.1. The molecule has 6 heteroatoms. The SMILES string of the molecule is COc1cc2c(c(O)c1C(=O)/C=C/c1ccc(O)cc1)C[C@H](O)C(C)(C)O2. The molecule has 0 unspecified atom stereocenters. The van der Waals surface area contributed by atoms with Crippen LogP contribution in [0.1, 0.15) is 35.3 Å². The molecule has 0 amide bonds. The van der Waals surface area contributed by atoms with E-state index in [1.54, 1.807) is 38.1 Å². The van der Waals surface area contributed by atoms with Crippen LogP contribution in [-0.2, 0) is 6.42 Å². The third kappa shape index (κ3) is 3.61. The normalized spacial score (nSPS) is 18.0. The topological polar surface area (TPSA) is 96.2 Å². The summed E-state index contributed by atoms with van der Waals surface area (Å²) in [7, 11) is 1.41. The van der Waals surface area contributed by atoms with Gasteiger partial charge in [0.15, 0.2) is 5.78 Å². The van der Waals surface area contributed by atoms with Crippen molar-refractivity contribution < 1.29 is 29.6 Å². The minimum atomic E-state index is -0.820. The summed E-state index contributed by atoms with van der Waals surface area (Å²) in [6.45, 7) is 3.51. The van der Waals surface area contributed by atoms with Gasteiger partial charge in [-0.25, -0.2) is 0 Å². The van der Waals surface area contributed by atoms with Crippen LogP contribution in [0.15, 0.2) is 36.4 Å². The fourth-order valence-corrected chi connectivity index (χ4v) is 2.98. The molecule has 0 aliphatic carbocycles. The number of fused-ring (bicyclic) bond motifs is 1. The highest BCUT2D eigenvalue weighted by atomic mass is 16.5. The molecule has 3 N–H and O–H groups in total. The Kier molecular flexibility index (Phi) is 4.85. The fourth-order valence-electron chi connectivity index (χ4n) is 2.98. The number of phenols is 2. The molecule has 0 bridgehead atoms. The Bertz CT molecular complexity index is 896. The largest absolute Gasteiger partial charge is 0.508 e. The first-order valence-electron chi connectivity index (χ1n) is 8.54. The van der Waals surface area contributed by atoms with E-state index in [2.05, 4.69) is 0 Å². The van der Waals surface area contributed by atoms with Crippen LogP contribution in [-0.4, -0.2) is 39.9 Å². The van der Waals surface area contributed by atoms with Crippen LogP contribution >= 0.6 is 0 Å². The van der Waals surface area contributed by atoms with Crippen LogP contribution in [0, 0.1) is 0 Å². The van der Waals surface area contributed by atoms with Crippen molar-refractivity contribution >= 4 is 11.9 Å². The van der Waals surface area contributed by atoms with Gasteiger partial charge in [0.2, 0.25) is 0 Å². The van der Waals surface area contributed by atoms with E-state index in [1.165, 1.54) is 25.3 Å². The van der Waals surface area contributed by atoms with Gasteiger partial charge < -0.3 is 24.8 Å². The summed E-state index contributed by atoms with van der Waals surface area (Å²) in [6.07, 6.45) is 2.24. The summed E-state index contributed by atoms with van der Waals surface area (Å²) in [6, 6.07) is 7.91. The number of methoxy groups -OCH3 is 1. The second kappa shape index (κ2) is 6.96. The maximum atomic E-state index is 12.7. The standard InChI is InChI=1S/C21H22O6/c1-21(2)18(24)10-14-16(27-21)11-17(26-3)19(20(14)25)15(23)9-6-12-4-7-13(22)8-5-12/h4-9,11,18,22,24-25H,10H2,1-3H3/b9-6+/t18-/m0/s1. The number of aliphatic hydroxyl groups is 1. The van der Waals surface area contributed by atoms with Gasteiger partial charge >= 0.3 is 0 Å². The number of aliphatic hydroxyl groups excluding tert-OH is 1. The minimum absolute atomic E-state index is 0.0155. The number of carbonyl (C=O) groups is 1. The number of phenolic OH excluding ortho intramolecular Hbond substituents is 2.